The molecule has 0 bridgehead atoms. The van der Waals surface area contributed by atoms with Gasteiger partial charge in [0.25, 0.3) is 5.91 Å². The first-order valence-electron chi connectivity index (χ1n) is 5.69. The molecule has 0 saturated heterocycles. The van der Waals surface area contributed by atoms with Crippen molar-refractivity contribution < 1.29 is 14.0 Å². The first kappa shape index (κ1) is 14.2. The summed E-state index contributed by atoms with van der Waals surface area (Å²) in [4.78, 5) is 24.7. The van der Waals surface area contributed by atoms with Crippen molar-refractivity contribution in [2.75, 3.05) is 20.6 Å². The SMILES string of the molecule is CNC(=O)C(C)CN(C)C(=O)c1ccccc1F. The van der Waals surface area contributed by atoms with Crippen LogP contribution in [0.15, 0.2) is 24.3 Å². The van der Waals surface area contributed by atoms with Gasteiger partial charge >= 0.3 is 0 Å². The van der Waals surface area contributed by atoms with E-state index in [2.05, 4.69) is 5.32 Å². The molecular formula is C13H17FN2O2. The molecule has 1 N–H and O–H groups in total. The first-order chi connectivity index (χ1) is 8.47. The Morgan fingerprint density at radius 3 is 2.56 bits per heavy atom. The van der Waals surface area contributed by atoms with Gasteiger partial charge in [-0.3, -0.25) is 9.59 Å². The fourth-order valence-corrected chi connectivity index (χ4v) is 1.66. The Bertz CT molecular complexity index is 448. The van der Waals surface area contributed by atoms with E-state index in [4.69, 9.17) is 0 Å². The standard InChI is InChI=1S/C13H17FN2O2/c1-9(12(17)15-2)8-16(3)13(18)10-6-4-5-7-11(10)14/h4-7,9H,8H2,1-3H3,(H,15,17). The lowest BCUT2D eigenvalue weighted by molar-refractivity contribution is -0.124. The van der Waals surface area contributed by atoms with Gasteiger partial charge in [0.2, 0.25) is 5.91 Å². The van der Waals surface area contributed by atoms with Gasteiger partial charge in [-0.25, -0.2) is 4.39 Å². The van der Waals surface area contributed by atoms with Crippen molar-refractivity contribution in [2.45, 2.75) is 6.92 Å². The zero-order chi connectivity index (χ0) is 13.7. The lowest BCUT2D eigenvalue weighted by Crippen LogP contribution is -2.37. The van der Waals surface area contributed by atoms with Crippen LogP contribution in [0, 0.1) is 11.7 Å². The molecule has 4 nitrogen and oxygen atoms in total. The quantitative estimate of drug-likeness (QED) is 0.877. The van der Waals surface area contributed by atoms with Crippen LogP contribution < -0.4 is 5.32 Å². The minimum atomic E-state index is -0.554. The topological polar surface area (TPSA) is 49.4 Å². The van der Waals surface area contributed by atoms with E-state index < -0.39 is 11.7 Å². The number of carbonyl (C=O) groups excluding carboxylic acids is 2. The Labute approximate surface area is 106 Å². The largest absolute Gasteiger partial charge is 0.359 e. The molecule has 0 heterocycles. The maximum absolute atomic E-state index is 13.4. The van der Waals surface area contributed by atoms with Crippen LogP contribution in [0.5, 0.6) is 0 Å². The number of halogens is 1. The van der Waals surface area contributed by atoms with Crippen molar-refractivity contribution in [1.82, 2.24) is 10.2 Å². The van der Waals surface area contributed by atoms with E-state index in [0.717, 1.165) is 0 Å². The Hall–Kier alpha value is -1.91. The molecule has 0 aliphatic rings. The molecule has 1 unspecified atom stereocenters. The Balaban J connectivity index is 2.74. The molecule has 1 aromatic rings. The smallest absolute Gasteiger partial charge is 0.256 e. The van der Waals surface area contributed by atoms with E-state index in [0.29, 0.717) is 0 Å². The lowest BCUT2D eigenvalue weighted by atomic mass is 10.1. The second-order valence-corrected chi connectivity index (χ2v) is 4.18. The predicted octanol–water partition coefficient (Wildman–Crippen LogP) is 1.28. The molecule has 1 aromatic carbocycles. The Kier molecular flexibility index (Phi) is 4.83. The van der Waals surface area contributed by atoms with Crippen LogP contribution in [-0.4, -0.2) is 37.4 Å². The monoisotopic (exact) mass is 252 g/mol. The van der Waals surface area contributed by atoms with E-state index in [9.17, 15) is 14.0 Å². The van der Waals surface area contributed by atoms with Crippen LogP contribution in [0.2, 0.25) is 0 Å². The molecule has 0 aromatic heterocycles. The molecule has 0 spiro atoms. The number of nitrogens with zero attached hydrogens (tertiary/aromatic N) is 1. The van der Waals surface area contributed by atoms with Crippen LogP contribution in [0.3, 0.4) is 0 Å². The summed E-state index contributed by atoms with van der Waals surface area (Å²) in [6, 6.07) is 5.80. The second-order valence-electron chi connectivity index (χ2n) is 4.18. The Morgan fingerprint density at radius 1 is 1.39 bits per heavy atom. The summed E-state index contributed by atoms with van der Waals surface area (Å²) in [5.74, 6) is -1.47. The molecule has 1 atom stereocenters. The maximum Gasteiger partial charge on any atom is 0.256 e. The van der Waals surface area contributed by atoms with Crippen molar-refractivity contribution in [3.63, 3.8) is 0 Å². The minimum Gasteiger partial charge on any atom is -0.359 e. The number of amides is 2. The van der Waals surface area contributed by atoms with E-state index in [1.54, 1.807) is 20.0 Å². The molecule has 1 rings (SSSR count). The van der Waals surface area contributed by atoms with Crippen molar-refractivity contribution in [1.29, 1.82) is 0 Å². The normalized spacial score (nSPS) is 11.8. The molecule has 98 valence electrons. The van der Waals surface area contributed by atoms with E-state index in [-0.39, 0.29) is 23.9 Å². The van der Waals surface area contributed by atoms with Gasteiger partial charge in [-0.1, -0.05) is 19.1 Å². The van der Waals surface area contributed by atoms with Gasteiger partial charge in [0.05, 0.1) is 11.5 Å². The molecular weight excluding hydrogens is 235 g/mol. The molecule has 2 amide bonds. The minimum absolute atomic E-state index is 0.0177. The van der Waals surface area contributed by atoms with Gasteiger partial charge < -0.3 is 10.2 Å². The van der Waals surface area contributed by atoms with Gasteiger partial charge in [0.1, 0.15) is 5.82 Å². The fourth-order valence-electron chi connectivity index (χ4n) is 1.66. The van der Waals surface area contributed by atoms with E-state index in [1.165, 1.54) is 30.1 Å². The number of rotatable bonds is 4. The van der Waals surface area contributed by atoms with Gasteiger partial charge in [-0.05, 0) is 12.1 Å². The zero-order valence-electron chi connectivity index (χ0n) is 10.7. The number of benzene rings is 1. The number of hydrogen-bond donors (Lipinski definition) is 1. The van der Waals surface area contributed by atoms with Crippen molar-refractivity contribution in [3.05, 3.63) is 35.6 Å². The fraction of sp³-hybridized carbons (Fsp3) is 0.385. The summed E-state index contributed by atoms with van der Waals surface area (Å²) in [5, 5.41) is 2.51. The predicted molar refractivity (Wildman–Crippen MR) is 66.6 cm³/mol. The first-order valence-corrected chi connectivity index (χ1v) is 5.69. The number of nitrogens with one attached hydrogen (secondary N) is 1. The molecule has 0 aliphatic heterocycles. The van der Waals surface area contributed by atoms with Crippen LogP contribution in [0.1, 0.15) is 17.3 Å². The summed E-state index contributed by atoms with van der Waals surface area (Å²) in [7, 11) is 3.09. The van der Waals surface area contributed by atoms with Gasteiger partial charge in [0, 0.05) is 20.6 Å². The van der Waals surface area contributed by atoms with Crippen LogP contribution in [0.4, 0.5) is 4.39 Å². The lowest BCUT2D eigenvalue weighted by Gasteiger charge is -2.21. The van der Waals surface area contributed by atoms with E-state index in [1.807, 2.05) is 0 Å². The maximum atomic E-state index is 13.4. The second kappa shape index (κ2) is 6.14. The highest BCUT2D eigenvalue weighted by Crippen LogP contribution is 2.10. The number of carbonyl (C=O) groups is 2. The van der Waals surface area contributed by atoms with Gasteiger partial charge in [-0.2, -0.15) is 0 Å². The summed E-state index contributed by atoms with van der Waals surface area (Å²) in [6.07, 6.45) is 0. The summed E-state index contributed by atoms with van der Waals surface area (Å²) in [6.45, 7) is 1.96. The average Bonchev–Trinajstić information content (AvgIpc) is 2.37. The highest BCUT2D eigenvalue weighted by Gasteiger charge is 2.20. The third kappa shape index (κ3) is 3.29. The molecule has 18 heavy (non-hydrogen) atoms. The third-order valence-corrected chi connectivity index (χ3v) is 2.69. The third-order valence-electron chi connectivity index (χ3n) is 2.69. The molecule has 0 saturated carbocycles. The molecule has 0 fully saturated rings. The Morgan fingerprint density at radius 2 is 2.00 bits per heavy atom. The summed E-state index contributed by atoms with van der Waals surface area (Å²) >= 11 is 0. The summed E-state index contributed by atoms with van der Waals surface area (Å²) in [5.41, 5.74) is 0.0177. The summed E-state index contributed by atoms with van der Waals surface area (Å²) < 4.78 is 13.4. The molecule has 0 radical (unpaired) electrons. The van der Waals surface area contributed by atoms with E-state index >= 15 is 0 Å². The van der Waals surface area contributed by atoms with Gasteiger partial charge in [0.15, 0.2) is 0 Å². The molecule has 5 heteroatoms. The van der Waals surface area contributed by atoms with Crippen molar-refractivity contribution >= 4 is 11.8 Å². The average molecular weight is 252 g/mol. The molecule has 0 aliphatic carbocycles. The van der Waals surface area contributed by atoms with Crippen LogP contribution >= 0.6 is 0 Å². The van der Waals surface area contributed by atoms with Crippen molar-refractivity contribution in [2.24, 2.45) is 5.92 Å². The zero-order valence-corrected chi connectivity index (χ0v) is 10.7. The number of hydrogen-bond acceptors (Lipinski definition) is 2. The highest BCUT2D eigenvalue weighted by atomic mass is 19.1. The van der Waals surface area contributed by atoms with Gasteiger partial charge in [-0.15, -0.1) is 0 Å². The highest BCUT2D eigenvalue weighted by molar-refractivity contribution is 5.94. The van der Waals surface area contributed by atoms with Crippen LogP contribution in [0.25, 0.3) is 0 Å². The van der Waals surface area contributed by atoms with Crippen LogP contribution in [-0.2, 0) is 4.79 Å². The van der Waals surface area contributed by atoms with Crippen molar-refractivity contribution in [3.8, 4) is 0 Å².